The van der Waals surface area contributed by atoms with Gasteiger partial charge in [-0.05, 0) is 37.6 Å². The minimum Gasteiger partial charge on any atom is -0.315 e. The van der Waals surface area contributed by atoms with Gasteiger partial charge in [-0.1, -0.05) is 39.0 Å². The molecule has 0 aliphatic rings. The second-order valence-corrected chi connectivity index (χ2v) is 8.98. The molecule has 0 saturated carbocycles. The Balaban J connectivity index is 1.78. The Labute approximate surface area is 197 Å². The standard InChI is InChI=1S/C25H29F2N5O2/c1-6-31(24(34)28-17-11-12-18(26)19(27)13-17)15-23(33)29-22-14-21(25(3,4)5)30-32(22)20-10-8-7-9-16(20)2/h7-14H,6,15H2,1-5H3,(H,28,34)(H,29,33). The van der Waals surface area contributed by atoms with Gasteiger partial charge in [0.1, 0.15) is 12.4 Å². The summed E-state index contributed by atoms with van der Waals surface area (Å²) < 4.78 is 28.3. The Morgan fingerprint density at radius 1 is 1.03 bits per heavy atom. The van der Waals surface area contributed by atoms with Gasteiger partial charge >= 0.3 is 6.03 Å². The van der Waals surface area contributed by atoms with Gasteiger partial charge in [-0.15, -0.1) is 0 Å². The van der Waals surface area contributed by atoms with Gasteiger partial charge in [0, 0.05) is 29.8 Å². The molecule has 0 spiro atoms. The predicted octanol–water partition coefficient (Wildman–Crippen LogP) is 5.25. The number of hydrogen-bond acceptors (Lipinski definition) is 3. The van der Waals surface area contributed by atoms with E-state index >= 15 is 0 Å². The lowest BCUT2D eigenvalue weighted by Crippen LogP contribution is -2.40. The monoisotopic (exact) mass is 469 g/mol. The number of carbonyl (C=O) groups is 2. The zero-order chi connectivity index (χ0) is 25.0. The highest BCUT2D eigenvalue weighted by atomic mass is 19.2. The van der Waals surface area contributed by atoms with Gasteiger partial charge in [0.25, 0.3) is 0 Å². The highest BCUT2D eigenvalue weighted by Crippen LogP contribution is 2.27. The maximum Gasteiger partial charge on any atom is 0.322 e. The van der Waals surface area contributed by atoms with Crippen molar-refractivity contribution in [2.45, 2.75) is 40.0 Å². The molecule has 34 heavy (non-hydrogen) atoms. The van der Waals surface area contributed by atoms with Gasteiger partial charge < -0.3 is 15.5 Å². The van der Waals surface area contributed by atoms with Crippen LogP contribution in [0.25, 0.3) is 5.69 Å². The van der Waals surface area contributed by atoms with E-state index in [-0.39, 0.29) is 24.2 Å². The van der Waals surface area contributed by atoms with Crippen LogP contribution in [-0.4, -0.2) is 39.7 Å². The molecule has 3 aromatic rings. The van der Waals surface area contributed by atoms with Crippen LogP contribution < -0.4 is 10.6 Å². The van der Waals surface area contributed by atoms with Crippen LogP contribution in [0.3, 0.4) is 0 Å². The second-order valence-electron chi connectivity index (χ2n) is 8.98. The summed E-state index contributed by atoms with van der Waals surface area (Å²) in [4.78, 5) is 26.7. The fourth-order valence-corrected chi connectivity index (χ4v) is 3.28. The second kappa shape index (κ2) is 10.0. The van der Waals surface area contributed by atoms with Crippen molar-refractivity contribution in [1.29, 1.82) is 0 Å². The maximum absolute atomic E-state index is 13.4. The van der Waals surface area contributed by atoms with Gasteiger partial charge in [0.15, 0.2) is 11.6 Å². The number of para-hydroxylation sites is 1. The first kappa shape index (κ1) is 24.9. The third-order valence-electron chi connectivity index (χ3n) is 5.26. The van der Waals surface area contributed by atoms with Crippen LogP contribution in [0.15, 0.2) is 48.5 Å². The summed E-state index contributed by atoms with van der Waals surface area (Å²) in [5.74, 6) is -2.01. The molecule has 0 aliphatic carbocycles. The summed E-state index contributed by atoms with van der Waals surface area (Å²) >= 11 is 0. The van der Waals surface area contributed by atoms with Crippen molar-refractivity contribution in [1.82, 2.24) is 14.7 Å². The molecular weight excluding hydrogens is 440 g/mol. The lowest BCUT2D eigenvalue weighted by atomic mass is 9.92. The summed E-state index contributed by atoms with van der Waals surface area (Å²) in [7, 11) is 0. The van der Waals surface area contributed by atoms with Crippen LogP contribution in [0.1, 0.15) is 39.0 Å². The van der Waals surface area contributed by atoms with E-state index in [1.165, 1.54) is 11.0 Å². The number of amides is 3. The van der Waals surface area contributed by atoms with Crippen LogP contribution in [0, 0.1) is 18.6 Å². The zero-order valence-electron chi connectivity index (χ0n) is 19.9. The Bertz CT molecular complexity index is 1200. The number of hydrogen-bond donors (Lipinski definition) is 2. The van der Waals surface area contributed by atoms with Crippen molar-refractivity contribution >= 4 is 23.4 Å². The number of likely N-dealkylation sites (N-methyl/N-ethyl adjacent to an activating group) is 1. The molecule has 1 heterocycles. The number of urea groups is 1. The zero-order valence-corrected chi connectivity index (χ0v) is 19.9. The molecular formula is C25H29F2N5O2. The van der Waals surface area contributed by atoms with Crippen LogP contribution in [-0.2, 0) is 10.2 Å². The summed E-state index contributed by atoms with van der Waals surface area (Å²) in [6.45, 7) is 9.76. The van der Waals surface area contributed by atoms with Crippen molar-refractivity contribution in [3.05, 3.63) is 71.4 Å². The summed E-state index contributed by atoms with van der Waals surface area (Å²) in [6, 6.07) is 12.0. The first-order chi connectivity index (χ1) is 16.0. The van der Waals surface area contributed by atoms with Gasteiger partial charge in [-0.3, -0.25) is 4.79 Å². The number of nitrogens with one attached hydrogen (secondary N) is 2. The average molecular weight is 470 g/mol. The molecule has 0 radical (unpaired) electrons. The number of anilines is 2. The molecule has 0 atom stereocenters. The number of rotatable bonds is 6. The van der Waals surface area contributed by atoms with Crippen LogP contribution in [0.5, 0.6) is 0 Å². The van der Waals surface area contributed by atoms with E-state index in [1.54, 1.807) is 11.6 Å². The smallest absolute Gasteiger partial charge is 0.315 e. The Morgan fingerprint density at radius 3 is 2.35 bits per heavy atom. The summed E-state index contributed by atoms with van der Waals surface area (Å²) in [5, 5.41) is 10.1. The summed E-state index contributed by atoms with van der Waals surface area (Å²) in [5.41, 5.74) is 2.47. The first-order valence-electron chi connectivity index (χ1n) is 11.0. The SMILES string of the molecule is CCN(CC(=O)Nc1cc(C(C)(C)C)nn1-c1ccccc1C)C(=O)Nc1ccc(F)c(F)c1. The number of nitrogens with zero attached hydrogens (tertiary/aromatic N) is 3. The highest BCUT2D eigenvalue weighted by molar-refractivity contribution is 5.96. The lowest BCUT2D eigenvalue weighted by Gasteiger charge is -2.21. The van der Waals surface area contributed by atoms with Gasteiger partial charge in [0.05, 0.1) is 11.4 Å². The third-order valence-corrected chi connectivity index (χ3v) is 5.26. The topological polar surface area (TPSA) is 79.3 Å². The van der Waals surface area contributed by atoms with Crippen molar-refractivity contribution in [2.24, 2.45) is 0 Å². The van der Waals surface area contributed by atoms with E-state index < -0.39 is 23.6 Å². The molecule has 3 rings (SSSR count). The van der Waals surface area contributed by atoms with Gasteiger partial charge in [-0.2, -0.15) is 5.10 Å². The number of benzene rings is 2. The van der Waals surface area contributed by atoms with E-state index in [9.17, 15) is 18.4 Å². The molecule has 3 amide bonds. The van der Waals surface area contributed by atoms with Gasteiger partial charge in [0.2, 0.25) is 5.91 Å². The number of halogens is 2. The van der Waals surface area contributed by atoms with Crippen molar-refractivity contribution in [3.8, 4) is 5.69 Å². The molecule has 2 aromatic carbocycles. The van der Waals surface area contributed by atoms with Gasteiger partial charge in [-0.25, -0.2) is 18.3 Å². The summed E-state index contributed by atoms with van der Waals surface area (Å²) in [6.07, 6.45) is 0. The largest absolute Gasteiger partial charge is 0.322 e. The predicted molar refractivity (Wildman–Crippen MR) is 128 cm³/mol. The molecule has 9 heteroatoms. The maximum atomic E-state index is 13.4. The minimum absolute atomic E-state index is 0.0928. The van der Waals surface area contributed by atoms with E-state index in [4.69, 9.17) is 5.10 Å². The first-order valence-corrected chi connectivity index (χ1v) is 11.0. The minimum atomic E-state index is -1.07. The molecule has 0 fully saturated rings. The quantitative estimate of drug-likeness (QED) is 0.518. The van der Waals surface area contributed by atoms with Crippen LogP contribution >= 0.6 is 0 Å². The fourth-order valence-electron chi connectivity index (χ4n) is 3.28. The molecule has 1 aromatic heterocycles. The van der Waals surface area contributed by atoms with Crippen molar-refractivity contribution in [3.63, 3.8) is 0 Å². The molecule has 0 unspecified atom stereocenters. The molecule has 0 aliphatic heterocycles. The Morgan fingerprint density at radius 2 is 1.74 bits per heavy atom. The average Bonchev–Trinajstić information content (AvgIpc) is 3.18. The molecule has 7 nitrogen and oxygen atoms in total. The van der Waals surface area contributed by atoms with Crippen LogP contribution in [0.4, 0.5) is 25.1 Å². The fraction of sp³-hybridized carbons (Fsp3) is 0.320. The lowest BCUT2D eigenvalue weighted by molar-refractivity contribution is -0.116. The van der Waals surface area contributed by atoms with E-state index in [0.29, 0.717) is 5.82 Å². The normalized spacial score (nSPS) is 11.3. The third kappa shape index (κ3) is 5.78. The Hall–Kier alpha value is -3.75. The molecule has 2 N–H and O–H groups in total. The van der Waals surface area contributed by atoms with E-state index in [0.717, 1.165) is 29.1 Å². The van der Waals surface area contributed by atoms with Crippen LogP contribution in [0.2, 0.25) is 0 Å². The van der Waals surface area contributed by atoms with Crippen molar-refractivity contribution in [2.75, 3.05) is 23.7 Å². The number of aromatic nitrogens is 2. The Kier molecular flexibility index (Phi) is 7.34. The molecule has 180 valence electrons. The molecule has 0 bridgehead atoms. The van der Waals surface area contributed by atoms with E-state index in [2.05, 4.69) is 10.6 Å². The van der Waals surface area contributed by atoms with E-state index in [1.807, 2.05) is 58.0 Å². The van der Waals surface area contributed by atoms with Crippen molar-refractivity contribution < 1.29 is 18.4 Å². The highest BCUT2D eigenvalue weighted by Gasteiger charge is 2.23. The number of carbonyl (C=O) groups excluding carboxylic acids is 2. The number of aryl methyl sites for hydroxylation is 1. The molecule has 0 saturated heterocycles.